The zero-order valence-electron chi connectivity index (χ0n) is 8.43. The number of hydrazine groups is 1. The second-order valence-electron chi connectivity index (χ2n) is 3.15. The highest BCUT2D eigenvalue weighted by Gasteiger charge is 2.26. The van der Waals surface area contributed by atoms with E-state index in [1.54, 1.807) is 6.92 Å². The van der Waals surface area contributed by atoms with Crippen LogP contribution in [-0.2, 0) is 9.53 Å². The first kappa shape index (κ1) is 14.2. The van der Waals surface area contributed by atoms with Crippen LogP contribution in [-0.4, -0.2) is 24.8 Å². The van der Waals surface area contributed by atoms with E-state index in [0.29, 0.717) is 6.42 Å². The smallest absolute Gasteiger partial charge is 0.378 e. The first-order valence-electron chi connectivity index (χ1n) is 4.53. The Morgan fingerprint density at radius 1 is 1.53 bits per heavy atom. The Kier molecular flexibility index (Phi) is 6.26. The van der Waals surface area contributed by atoms with Crippen LogP contribution in [0.2, 0.25) is 0 Å². The third-order valence-corrected chi connectivity index (χ3v) is 1.73. The minimum atomic E-state index is -4.20. The van der Waals surface area contributed by atoms with Gasteiger partial charge in [-0.1, -0.05) is 0 Å². The molecule has 0 aliphatic heterocycles. The molecular weight excluding hydrogens is 213 g/mol. The fourth-order valence-corrected chi connectivity index (χ4v) is 0.866. The lowest BCUT2D eigenvalue weighted by molar-refractivity contribution is -0.149. The van der Waals surface area contributed by atoms with E-state index in [2.05, 4.69) is 0 Å². The van der Waals surface area contributed by atoms with Crippen molar-refractivity contribution < 1.29 is 22.7 Å². The second-order valence-corrected chi connectivity index (χ2v) is 3.15. The van der Waals surface area contributed by atoms with Crippen LogP contribution in [0.4, 0.5) is 13.2 Å². The third kappa shape index (κ3) is 9.48. The molecule has 0 saturated heterocycles. The number of alkyl halides is 3. The summed E-state index contributed by atoms with van der Waals surface area (Å²) in [6.07, 6.45) is -5.07. The summed E-state index contributed by atoms with van der Waals surface area (Å²) in [7, 11) is 0. The topological polar surface area (TPSA) is 64.4 Å². The van der Waals surface area contributed by atoms with E-state index in [-0.39, 0.29) is 25.0 Å². The molecule has 0 aliphatic carbocycles. The van der Waals surface area contributed by atoms with Crippen molar-refractivity contribution in [2.45, 2.75) is 38.5 Å². The van der Waals surface area contributed by atoms with Crippen LogP contribution in [0.1, 0.15) is 26.2 Å². The molecule has 0 spiro atoms. The number of amides is 1. The number of ether oxygens (including phenoxy) is 1. The molecule has 0 bridgehead atoms. The maximum Gasteiger partial charge on any atom is 0.391 e. The van der Waals surface area contributed by atoms with E-state index in [1.165, 1.54) is 0 Å². The van der Waals surface area contributed by atoms with Gasteiger partial charge in [-0.2, -0.15) is 13.2 Å². The summed E-state index contributed by atoms with van der Waals surface area (Å²) in [5, 5.41) is 0. The number of nitrogens with two attached hydrogens (primary N) is 1. The maximum atomic E-state index is 11.7. The summed E-state index contributed by atoms with van der Waals surface area (Å²) in [5.41, 5.74) is 1.93. The van der Waals surface area contributed by atoms with Gasteiger partial charge in [0.1, 0.15) is 0 Å². The van der Waals surface area contributed by atoms with Gasteiger partial charge < -0.3 is 4.74 Å². The molecule has 0 aromatic heterocycles. The molecule has 0 aromatic rings. The Morgan fingerprint density at radius 2 is 2.13 bits per heavy atom. The van der Waals surface area contributed by atoms with Crippen molar-refractivity contribution in [3.8, 4) is 0 Å². The molecule has 0 heterocycles. The monoisotopic (exact) mass is 228 g/mol. The summed E-state index contributed by atoms with van der Waals surface area (Å²) >= 11 is 0. The highest BCUT2D eigenvalue weighted by Crippen LogP contribution is 2.19. The molecule has 3 N–H and O–H groups in total. The van der Waals surface area contributed by atoms with Gasteiger partial charge in [0.15, 0.2) is 0 Å². The van der Waals surface area contributed by atoms with Crippen LogP contribution in [0.5, 0.6) is 0 Å². The van der Waals surface area contributed by atoms with Crippen LogP contribution < -0.4 is 11.3 Å². The van der Waals surface area contributed by atoms with Gasteiger partial charge in [-0.3, -0.25) is 10.2 Å². The van der Waals surface area contributed by atoms with E-state index in [0.717, 1.165) is 0 Å². The highest BCUT2D eigenvalue weighted by atomic mass is 19.4. The number of rotatable bonds is 6. The lowest BCUT2D eigenvalue weighted by Gasteiger charge is -2.13. The average molecular weight is 228 g/mol. The molecule has 0 aromatic carbocycles. The summed E-state index contributed by atoms with van der Waals surface area (Å²) in [6.45, 7) is 1.23. The highest BCUT2D eigenvalue weighted by molar-refractivity contribution is 5.75. The predicted molar refractivity (Wildman–Crippen MR) is 47.7 cm³/mol. The van der Waals surface area contributed by atoms with Crippen LogP contribution in [0, 0.1) is 0 Å². The van der Waals surface area contributed by atoms with E-state index < -0.39 is 12.6 Å². The SMILES string of the molecule is CC(CCC(=O)NN)OCCC(F)(F)F. The Bertz CT molecular complexity index is 197. The minimum Gasteiger partial charge on any atom is -0.378 e. The van der Waals surface area contributed by atoms with E-state index >= 15 is 0 Å². The Hall–Kier alpha value is -0.820. The van der Waals surface area contributed by atoms with Gasteiger partial charge in [-0.15, -0.1) is 0 Å². The number of nitrogens with one attached hydrogen (secondary N) is 1. The van der Waals surface area contributed by atoms with Gasteiger partial charge in [0.25, 0.3) is 0 Å². The predicted octanol–water partition coefficient (Wildman–Crippen LogP) is 1.11. The van der Waals surface area contributed by atoms with Crippen LogP contribution in [0.3, 0.4) is 0 Å². The van der Waals surface area contributed by atoms with E-state index in [9.17, 15) is 18.0 Å². The molecule has 1 amide bonds. The molecule has 1 unspecified atom stereocenters. The molecule has 4 nitrogen and oxygen atoms in total. The normalized spacial score (nSPS) is 13.7. The zero-order chi connectivity index (χ0) is 11.9. The third-order valence-electron chi connectivity index (χ3n) is 1.73. The second kappa shape index (κ2) is 6.62. The summed E-state index contributed by atoms with van der Waals surface area (Å²) in [6, 6.07) is 0. The number of carbonyl (C=O) groups excluding carboxylic acids is 1. The van der Waals surface area contributed by atoms with E-state index in [1.807, 2.05) is 5.43 Å². The lowest BCUT2D eigenvalue weighted by atomic mass is 10.2. The lowest BCUT2D eigenvalue weighted by Crippen LogP contribution is -2.30. The Labute approximate surface area is 85.9 Å². The van der Waals surface area contributed by atoms with Crippen molar-refractivity contribution >= 4 is 5.91 Å². The van der Waals surface area contributed by atoms with Crippen molar-refractivity contribution in [2.75, 3.05) is 6.61 Å². The first-order valence-corrected chi connectivity index (χ1v) is 4.53. The molecule has 0 rings (SSSR count). The summed E-state index contributed by atoms with van der Waals surface area (Å²) < 4.78 is 40.0. The molecule has 1 atom stereocenters. The number of carbonyl (C=O) groups is 1. The van der Waals surface area contributed by atoms with Crippen LogP contribution in [0.15, 0.2) is 0 Å². The minimum absolute atomic E-state index is 0.143. The van der Waals surface area contributed by atoms with E-state index in [4.69, 9.17) is 10.6 Å². The molecule has 0 radical (unpaired) electrons. The van der Waals surface area contributed by atoms with Gasteiger partial charge >= 0.3 is 6.18 Å². The van der Waals surface area contributed by atoms with Crippen molar-refractivity contribution in [3.63, 3.8) is 0 Å². The number of hydrogen-bond donors (Lipinski definition) is 2. The summed E-state index contributed by atoms with van der Waals surface area (Å²) in [5.74, 6) is 4.47. The van der Waals surface area contributed by atoms with Gasteiger partial charge in [-0.05, 0) is 13.3 Å². The first-order chi connectivity index (χ1) is 6.85. The van der Waals surface area contributed by atoms with Crippen molar-refractivity contribution in [1.82, 2.24) is 5.43 Å². The Morgan fingerprint density at radius 3 is 2.60 bits per heavy atom. The van der Waals surface area contributed by atoms with Crippen molar-refractivity contribution in [3.05, 3.63) is 0 Å². The number of halogens is 3. The van der Waals surface area contributed by atoms with Crippen LogP contribution in [0.25, 0.3) is 0 Å². The molecule has 90 valence electrons. The number of hydrogen-bond acceptors (Lipinski definition) is 3. The quantitative estimate of drug-likeness (QED) is 0.406. The van der Waals surface area contributed by atoms with Gasteiger partial charge in [0, 0.05) is 6.42 Å². The standard InChI is InChI=1S/C8H15F3N2O2/c1-6(2-3-7(14)13-12)15-5-4-8(9,10)11/h6H,2-5,12H2,1H3,(H,13,14). The van der Waals surface area contributed by atoms with Crippen molar-refractivity contribution in [1.29, 1.82) is 0 Å². The fourth-order valence-electron chi connectivity index (χ4n) is 0.866. The molecule has 7 heteroatoms. The van der Waals surface area contributed by atoms with Crippen molar-refractivity contribution in [2.24, 2.45) is 5.84 Å². The van der Waals surface area contributed by atoms with Gasteiger partial charge in [-0.25, -0.2) is 5.84 Å². The largest absolute Gasteiger partial charge is 0.391 e. The van der Waals surface area contributed by atoms with Gasteiger partial charge in [0.05, 0.1) is 19.1 Å². The summed E-state index contributed by atoms with van der Waals surface area (Å²) in [4.78, 5) is 10.7. The molecule has 0 fully saturated rings. The average Bonchev–Trinajstić information content (AvgIpc) is 2.12. The van der Waals surface area contributed by atoms with Crippen LogP contribution >= 0.6 is 0 Å². The molecule has 0 aliphatic rings. The fraction of sp³-hybridized carbons (Fsp3) is 0.875. The zero-order valence-corrected chi connectivity index (χ0v) is 8.43. The molecular formula is C8H15F3N2O2. The molecule has 0 saturated carbocycles. The maximum absolute atomic E-state index is 11.7. The van der Waals surface area contributed by atoms with Gasteiger partial charge in [0.2, 0.25) is 5.91 Å². The molecule has 15 heavy (non-hydrogen) atoms. The Balaban J connectivity index is 3.49.